The number of likely N-dealkylation sites (N-methyl/N-ethyl adjacent to an activating group) is 1. The number of piperidine rings is 1. The van der Waals surface area contributed by atoms with E-state index in [9.17, 15) is 5.11 Å². The van der Waals surface area contributed by atoms with Crippen LogP contribution in [0.1, 0.15) is 51.9 Å². The lowest BCUT2D eigenvalue weighted by Gasteiger charge is -2.44. The largest absolute Gasteiger partial charge is 0.391 e. The topological polar surface area (TPSA) is 26.7 Å². The van der Waals surface area contributed by atoms with Crippen LogP contribution in [0.2, 0.25) is 0 Å². The van der Waals surface area contributed by atoms with Crippen LogP contribution in [-0.4, -0.2) is 60.3 Å². The van der Waals surface area contributed by atoms with Gasteiger partial charge in [0.1, 0.15) is 0 Å². The molecule has 112 valence electrons. The molecule has 1 saturated heterocycles. The van der Waals surface area contributed by atoms with Gasteiger partial charge in [-0.1, -0.05) is 19.8 Å². The van der Waals surface area contributed by atoms with Gasteiger partial charge in [0, 0.05) is 12.1 Å². The predicted octanol–water partition coefficient (Wildman–Crippen LogP) is 2.34. The summed E-state index contributed by atoms with van der Waals surface area (Å²) in [5.41, 5.74) is 0. The molecular weight excluding hydrogens is 236 g/mol. The summed E-state index contributed by atoms with van der Waals surface area (Å²) in [4.78, 5) is 4.93. The van der Waals surface area contributed by atoms with Crippen molar-refractivity contribution in [1.29, 1.82) is 0 Å². The van der Waals surface area contributed by atoms with Gasteiger partial charge in [-0.15, -0.1) is 0 Å². The lowest BCUT2D eigenvalue weighted by Crippen LogP contribution is -2.52. The van der Waals surface area contributed by atoms with Crippen LogP contribution in [0, 0.1) is 5.92 Å². The standard InChI is InChI=1S/C16H32N2O/c1-4-5-13-6-7-16(19)15(12-13)18(3)14-8-10-17(2)11-9-14/h13-16,19H,4-12H2,1-3H3. The Bertz CT molecular complexity index is 263. The van der Waals surface area contributed by atoms with Gasteiger partial charge in [0.25, 0.3) is 0 Å². The Balaban J connectivity index is 1.90. The number of aliphatic hydroxyl groups is 1. The first-order chi connectivity index (χ1) is 9.11. The Kier molecular flexibility index (Phi) is 5.67. The molecule has 3 heteroatoms. The highest BCUT2D eigenvalue weighted by atomic mass is 16.3. The van der Waals surface area contributed by atoms with Crippen LogP contribution < -0.4 is 0 Å². The lowest BCUT2D eigenvalue weighted by molar-refractivity contribution is -0.0155. The van der Waals surface area contributed by atoms with Crippen molar-refractivity contribution in [2.24, 2.45) is 5.92 Å². The second-order valence-corrected chi connectivity index (χ2v) is 6.80. The third kappa shape index (κ3) is 3.93. The van der Waals surface area contributed by atoms with Crippen molar-refractivity contribution in [2.45, 2.75) is 70.1 Å². The highest BCUT2D eigenvalue weighted by Gasteiger charge is 2.34. The van der Waals surface area contributed by atoms with Crippen molar-refractivity contribution < 1.29 is 5.11 Å². The molecule has 2 aliphatic rings. The molecule has 0 radical (unpaired) electrons. The second kappa shape index (κ2) is 7.05. The number of hydrogen-bond donors (Lipinski definition) is 1. The van der Waals surface area contributed by atoms with Gasteiger partial charge >= 0.3 is 0 Å². The summed E-state index contributed by atoms with van der Waals surface area (Å²) >= 11 is 0. The van der Waals surface area contributed by atoms with E-state index in [-0.39, 0.29) is 6.10 Å². The van der Waals surface area contributed by atoms with Crippen molar-refractivity contribution in [2.75, 3.05) is 27.2 Å². The van der Waals surface area contributed by atoms with Gasteiger partial charge in [0.2, 0.25) is 0 Å². The molecule has 2 rings (SSSR count). The summed E-state index contributed by atoms with van der Waals surface area (Å²) in [6.07, 6.45) is 8.48. The van der Waals surface area contributed by atoms with Gasteiger partial charge in [-0.05, 0) is 65.2 Å². The third-order valence-electron chi connectivity index (χ3n) is 5.37. The summed E-state index contributed by atoms with van der Waals surface area (Å²) in [7, 11) is 4.46. The molecule has 0 amide bonds. The molecule has 1 heterocycles. The zero-order valence-corrected chi connectivity index (χ0v) is 13.0. The predicted molar refractivity (Wildman–Crippen MR) is 80.3 cm³/mol. The van der Waals surface area contributed by atoms with E-state index in [4.69, 9.17) is 0 Å². The van der Waals surface area contributed by atoms with E-state index in [1.165, 1.54) is 51.6 Å². The van der Waals surface area contributed by atoms with Crippen LogP contribution >= 0.6 is 0 Å². The summed E-state index contributed by atoms with van der Waals surface area (Å²) in [5, 5.41) is 10.4. The van der Waals surface area contributed by atoms with Crippen molar-refractivity contribution >= 4 is 0 Å². The zero-order valence-electron chi connectivity index (χ0n) is 13.0. The summed E-state index contributed by atoms with van der Waals surface area (Å²) in [6.45, 7) is 4.69. The minimum Gasteiger partial charge on any atom is -0.391 e. The molecule has 3 unspecified atom stereocenters. The van der Waals surface area contributed by atoms with E-state index < -0.39 is 0 Å². The van der Waals surface area contributed by atoms with Gasteiger partial charge in [-0.25, -0.2) is 0 Å². The fraction of sp³-hybridized carbons (Fsp3) is 1.00. The normalized spacial score (nSPS) is 34.9. The quantitative estimate of drug-likeness (QED) is 0.848. The maximum absolute atomic E-state index is 10.4. The fourth-order valence-corrected chi connectivity index (χ4v) is 4.00. The van der Waals surface area contributed by atoms with Gasteiger partial charge in [0.15, 0.2) is 0 Å². The average Bonchev–Trinajstić information content (AvgIpc) is 2.41. The smallest absolute Gasteiger partial charge is 0.0695 e. The molecule has 0 aromatic heterocycles. The average molecular weight is 268 g/mol. The minimum absolute atomic E-state index is 0.0993. The molecule has 19 heavy (non-hydrogen) atoms. The highest BCUT2D eigenvalue weighted by Crippen LogP contribution is 2.32. The molecule has 1 saturated carbocycles. The minimum atomic E-state index is -0.0993. The van der Waals surface area contributed by atoms with Crippen molar-refractivity contribution in [3.05, 3.63) is 0 Å². The Hall–Kier alpha value is -0.120. The molecule has 3 atom stereocenters. The van der Waals surface area contributed by atoms with E-state index in [0.29, 0.717) is 12.1 Å². The van der Waals surface area contributed by atoms with E-state index >= 15 is 0 Å². The molecule has 0 aromatic rings. The summed E-state index contributed by atoms with van der Waals surface area (Å²) in [5.74, 6) is 0.840. The lowest BCUT2D eigenvalue weighted by atomic mass is 9.80. The molecule has 3 nitrogen and oxygen atoms in total. The Morgan fingerprint density at radius 1 is 1.16 bits per heavy atom. The van der Waals surface area contributed by atoms with Crippen molar-refractivity contribution in [1.82, 2.24) is 9.80 Å². The maximum Gasteiger partial charge on any atom is 0.0695 e. The summed E-state index contributed by atoms with van der Waals surface area (Å²) < 4.78 is 0. The van der Waals surface area contributed by atoms with Crippen molar-refractivity contribution in [3.63, 3.8) is 0 Å². The van der Waals surface area contributed by atoms with Gasteiger partial charge < -0.3 is 10.0 Å². The Morgan fingerprint density at radius 2 is 1.84 bits per heavy atom. The number of aliphatic hydroxyl groups excluding tert-OH is 1. The van der Waals surface area contributed by atoms with Crippen LogP contribution in [-0.2, 0) is 0 Å². The molecule has 1 aliphatic carbocycles. The molecule has 1 aliphatic heterocycles. The third-order valence-corrected chi connectivity index (χ3v) is 5.37. The molecule has 2 fully saturated rings. The molecule has 0 bridgehead atoms. The Labute approximate surface area is 119 Å². The zero-order chi connectivity index (χ0) is 13.8. The van der Waals surface area contributed by atoms with Gasteiger partial charge in [-0.2, -0.15) is 0 Å². The van der Waals surface area contributed by atoms with E-state index in [1.807, 2.05) is 0 Å². The van der Waals surface area contributed by atoms with E-state index in [2.05, 4.69) is 30.8 Å². The SMILES string of the molecule is CCCC1CCC(O)C(N(C)C2CCN(C)CC2)C1. The first-order valence-electron chi connectivity index (χ1n) is 8.20. The maximum atomic E-state index is 10.4. The van der Waals surface area contributed by atoms with Crippen LogP contribution in [0.25, 0.3) is 0 Å². The highest BCUT2D eigenvalue weighted by molar-refractivity contribution is 4.89. The molecule has 0 spiro atoms. The monoisotopic (exact) mass is 268 g/mol. The van der Waals surface area contributed by atoms with Crippen LogP contribution in [0.4, 0.5) is 0 Å². The van der Waals surface area contributed by atoms with Gasteiger partial charge in [-0.3, -0.25) is 4.90 Å². The number of nitrogens with zero attached hydrogens (tertiary/aromatic N) is 2. The van der Waals surface area contributed by atoms with Gasteiger partial charge in [0.05, 0.1) is 6.10 Å². The first kappa shape index (κ1) is 15.3. The van der Waals surface area contributed by atoms with Crippen LogP contribution in [0.5, 0.6) is 0 Å². The Morgan fingerprint density at radius 3 is 2.47 bits per heavy atom. The number of rotatable bonds is 4. The molecule has 1 N–H and O–H groups in total. The van der Waals surface area contributed by atoms with Crippen LogP contribution in [0.3, 0.4) is 0 Å². The number of hydrogen-bond acceptors (Lipinski definition) is 3. The summed E-state index contributed by atoms with van der Waals surface area (Å²) in [6, 6.07) is 1.08. The van der Waals surface area contributed by atoms with Crippen molar-refractivity contribution in [3.8, 4) is 0 Å². The van der Waals surface area contributed by atoms with Crippen LogP contribution in [0.15, 0.2) is 0 Å². The second-order valence-electron chi connectivity index (χ2n) is 6.80. The number of likely N-dealkylation sites (tertiary alicyclic amines) is 1. The molecule has 0 aromatic carbocycles. The first-order valence-corrected chi connectivity index (χ1v) is 8.20. The van der Waals surface area contributed by atoms with E-state index in [1.54, 1.807) is 0 Å². The van der Waals surface area contributed by atoms with E-state index in [0.717, 1.165) is 12.3 Å². The molecular formula is C16H32N2O. The fourth-order valence-electron chi connectivity index (χ4n) is 4.00.